The number of rotatable bonds is 5. The molecule has 0 radical (unpaired) electrons. The van der Waals surface area contributed by atoms with E-state index in [9.17, 15) is 0 Å². The Kier molecular flexibility index (Phi) is 5.07. The van der Waals surface area contributed by atoms with Crippen molar-refractivity contribution < 1.29 is 4.74 Å². The summed E-state index contributed by atoms with van der Waals surface area (Å²) in [5.74, 6) is 0. The average molecular weight is 226 g/mol. The molecule has 2 N–H and O–H groups in total. The van der Waals surface area contributed by atoms with E-state index >= 15 is 0 Å². The Balaban J connectivity index is 1.73. The fourth-order valence-corrected chi connectivity index (χ4v) is 3.03. The Morgan fingerprint density at radius 1 is 1.19 bits per heavy atom. The molecule has 2 aliphatic rings. The van der Waals surface area contributed by atoms with E-state index in [1.807, 2.05) is 0 Å². The quantitative estimate of drug-likeness (QED) is 0.776. The van der Waals surface area contributed by atoms with E-state index in [4.69, 9.17) is 10.5 Å². The monoisotopic (exact) mass is 226 g/mol. The minimum absolute atomic E-state index is 0.507. The van der Waals surface area contributed by atoms with Crippen molar-refractivity contribution >= 4 is 0 Å². The molecule has 16 heavy (non-hydrogen) atoms. The maximum absolute atomic E-state index is 5.83. The van der Waals surface area contributed by atoms with E-state index in [-0.39, 0.29) is 0 Å². The molecule has 0 aromatic heterocycles. The van der Waals surface area contributed by atoms with Gasteiger partial charge in [0.05, 0.1) is 6.10 Å². The molecule has 2 saturated heterocycles. The summed E-state index contributed by atoms with van der Waals surface area (Å²) in [7, 11) is 0. The molecule has 0 aliphatic carbocycles. The first-order valence-corrected chi connectivity index (χ1v) is 6.96. The maximum atomic E-state index is 5.83. The summed E-state index contributed by atoms with van der Waals surface area (Å²) in [4.78, 5) is 2.64. The third kappa shape index (κ3) is 3.44. The fourth-order valence-electron chi connectivity index (χ4n) is 3.03. The van der Waals surface area contributed by atoms with Crippen LogP contribution in [0.1, 0.15) is 44.9 Å². The molecule has 0 aromatic rings. The number of hydrogen-bond acceptors (Lipinski definition) is 3. The summed E-state index contributed by atoms with van der Waals surface area (Å²) in [5, 5.41) is 0. The first kappa shape index (κ1) is 12.3. The third-order valence-corrected chi connectivity index (χ3v) is 3.95. The lowest BCUT2D eigenvalue weighted by molar-refractivity contribution is -0.00844. The molecule has 0 amide bonds. The molecule has 2 aliphatic heterocycles. The van der Waals surface area contributed by atoms with Gasteiger partial charge in [0.2, 0.25) is 0 Å². The van der Waals surface area contributed by atoms with Crippen LogP contribution >= 0.6 is 0 Å². The van der Waals surface area contributed by atoms with E-state index in [0.717, 1.165) is 25.7 Å². The first-order chi connectivity index (χ1) is 7.90. The highest BCUT2D eigenvalue weighted by atomic mass is 16.5. The minimum Gasteiger partial charge on any atom is -0.377 e. The summed E-state index contributed by atoms with van der Waals surface area (Å²) < 4.78 is 5.83. The molecule has 0 aromatic carbocycles. The highest BCUT2D eigenvalue weighted by molar-refractivity contribution is 4.82. The predicted octanol–water partition coefficient (Wildman–Crippen LogP) is 1.76. The molecule has 2 atom stereocenters. The zero-order chi connectivity index (χ0) is 11.2. The molecular formula is C13H26N2O. The lowest BCUT2D eigenvalue weighted by Crippen LogP contribution is -2.38. The SMILES string of the molecule is NCCCC1CCCN1CC1CCCCO1. The van der Waals surface area contributed by atoms with Crippen LogP contribution in [0.3, 0.4) is 0 Å². The molecular weight excluding hydrogens is 200 g/mol. The van der Waals surface area contributed by atoms with E-state index in [1.54, 1.807) is 0 Å². The van der Waals surface area contributed by atoms with Crippen LogP contribution < -0.4 is 5.73 Å². The Labute approximate surface area is 99.3 Å². The average Bonchev–Trinajstić information content (AvgIpc) is 2.75. The zero-order valence-corrected chi connectivity index (χ0v) is 10.4. The minimum atomic E-state index is 0.507. The Hall–Kier alpha value is -0.120. The molecule has 2 fully saturated rings. The van der Waals surface area contributed by atoms with Gasteiger partial charge >= 0.3 is 0 Å². The van der Waals surface area contributed by atoms with Gasteiger partial charge in [0, 0.05) is 19.2 Å². The lowest BCUT2D eigenvalue weighted by Gasteiger charge is -2.31. The van der Waals surface area contributed by atoms with Gasteiger partial charge in [0.25, 0.3) is 0 Å². The number of likely N-dealkylation sites (tertiary alicyclic amines) is 1. The number of nitrogens with zero attached hydrogens (tertiary/aromatic N) is 1. The van der Waals surface area contributed by atoms with Crippen molar-refractivity contribution in [2.45, 2.75) is 57.1 Å². The highest BCUT2D eigenvalue weighted by Gasteiger charge is 2.27. The van der Waals surface area contributed by atoms with Gasteiger partial charge in [0.15, 0.2) is 0 Å². The van der Waals surface area contributed by atoms with Gasteiger partial charge in [-0.15, -0.1) is 0 Å². The molecule has 0 bridgehead atoms. The third-order valence-electron chi connectivity index (χ3n) is 3.95. The number of hydrogen-bond donors (Lipinski definition) is 1. The van der Waals surface area contributed by atoms with E-state index in [2.05, 4.69) is 4.90 Å². The largest absolute Gasteiger partial charge is 0.377 e. The Morgan fingerprint density at radius 2 is 2.12 bits per heavy atom. The van der Waals surface area contributed by atoms with Crippen molar-refractivity contribution in [1.29, 1.82) is 0 Å². The Morgan fingerprint density at radius 3 is 2.88 bits per heavy atom. The van der Waals surface area contributed by atoms with E-state index in [1.165, 1.54) is 51.5 Å². The fraction of sp³-hybridized carbons (Fsp3) is 1.00. The van der Waals surface area contributed by atoms with Crippen LogP contribution in [0.15, 0.2) is 0 Å². The van der Waals surface area contributed by atoms with Gasteiger partial charge in [-0.1, -0.05) is 0 Å². The highest BCUT2D eigenvalue weighted by Crippen LogP contribution is 2.23. The van der Waals surface area contributed by atoms with Crippen LogP contribution in [0.5, 0.6) is 0 Å². The summed E-state index contributed by atoms with van der Waals surface area (Å²) in [5.41, 5.74) is 5.59. The standard InChI is InChI=1S/C13H26N2O/c14-8-3-5-12-6-4-9-15(12)11-13-7-1-2-10-16-13/h12-13H,1-11,14H2. The lowest BCUT2D eigenvalue weighted by atomic mass is 10.1. The van der Waals surface area contributed by atoms with Gasteiger partial charge in [-0.2, -0.15) is 0 Å². The van der Waals surface area contributed by atoms with Crippen LogP contribution in [-0.4, -0.2) is 43.3 Å². The van der Waals surface area contributed by atoms with Gasteiger partial charge in [-0.3, -0.25) is 4.90 Å². The second-order valence-electron chi connectivity index (χ2n) is 5.21. The first-order valence-electron chi connectivity index (χ1n) is 6.96. The van der Waals surface area contributed by atoms with Crippen molar-refractivity contribution in [2.24, 2.45) is 5.73 Å². The summed E-state index contributed by atoms with van der Waals surface area (Å²) >= 11 is 0. The van der Waals surface area contributed by atoms with E-state index in [0.29, 0.717) is 6.10 Å². The van der Waals surface area contributed by atoms with Crippen LogP contribution in [0, 0.1) is 0 Å². The smallest absolute Gasteiger partial charge is 0.0702 e. The van der Waals surface area contributed by atoms with Gasteiger partial charge in [-0.25, -0.2) is 0 Å². The van der Waals surface area contributed by atoms with Crippen molar-refractivity contribution in [1.82, 2.24) is 4.90 Å². The molecule has 2 rings (SSSR count). The van der Waals surface area contributed by atoms with Crippen molar-refractivity contribution in [3.05, 3.63) is 0 Å². The molecule has 3 nitrogen and oxygen atoms in total. The van der Waals surface area contributed by atoms with Crippen molar-refractivity contribution in [2.75, 3.05) is 26.2 Å². The van der Waals surface area contributed by atoms with Crippen molar-refractivity contribution in [3.63, 3.8) is 0 Å². The number of nitrogens with two attached hydrogens (primary N) is 1. The van der Waals surface area contributed by atoms with Crippen LogP contribution in [0.25, 0.3) is 0 Å². The summed E-state index contributed by atoms with van der Waals surface area (Å²) in [6.45, 7) is 4.25. The second kappa shape index (κ2) is 6.58. The predicted molar refractivity (Wildman–Crippen MR) is 66.5 cm³/mol. The zero-order valence-electron chi connectivity index (χ0n) is 10.4. The van der Waals surface area contributed by atoms with Gasteiger partial charge in [-0.05, 0) is 58.0 Å². The summed E-state index contributed by atoms with van der Waals surface area (Å²) in [6, 6.07) is 0.786. The molecule has 2 unspecified atom stereocenters. The van der Waals surface area contributed by atoms with Gasteiger partial charge < -0.3 is 10.5 Å². The molecule has 2 heterocycles. The summed E-state index contributed by atoms with van der Waals surface area (Å²) in [6.07, 6.45) is 9.57. The molecule has 94 valence electrons. The topological polar surface area (TPSA) is 38.5 Å². The normalized spacial score (nSPS) is 32.1. The second-order valence-corrected chi connectivity index (χ2v) is 5.21. The number of ether oxygens (including phenoxy) is 1. The van der Waals surface area contributed by atoms with Gasteiger partial charge in [0.1, 0.15) is 0 Å². The van der Waals surface area contributed by atoms with Crippen molar-refractivity contribution in [3.8, 4) is 0 Å². The van der Waals surface area contributed by atoms with E-state index < -0.39 is 0 Å². The molecule has 0 saturated carbocycles. The van der Waals surface area contributed by atoms with Crippen LogP contribution in [0.2, 0.25) is 0 Å². The molecule has 3 heteroatoms. The maximum Gasteiger partial charge on any atom is 0.0702 e. The van der Waals surface area contributed by atoms with Crippen LogP contribution in [0.4, 0.5) is 0 Å². The van der Waals surface area contributed by atoms with Crippen LogP contribution in [-0.2, 0) is 4.74 Å². The molecule has 0 spiro atoms. The Bertz CT molecular complexity index is 192.